The molecule has 1 aromatic carbocycles. The molecule has 1 saturated carbocycles. The second kappa shape index (κ2) is 6.13. The average Bonchev–Trinajstić information content (AvgIpc) is 2.82. The Morgan fingerprint density at radius 2 is 2.20 bits per heavy atom. The highest BCUT2D eigenvalue weighted by molar-refractivity contribution is 5.95. The van der Waals surface area contributed by atoms with Gasteiger partial charge in [0.15, 0.2) is 0 Å². The number of nitrogens with one attached hydrogen (secondary N) is 1. The van der Waals surface area contributed by atoms with E-state index in [1.54, 1.807) is 26.2 Å². The summed E-state index contributed by atoms with van der Waals surface area (Å²) in [5.41, 5.74) is 7.94. The number of anilines is 2. The Hall–Kier alpha value is -1.75. The number of carbonyl (C=O) groups is 1. The summed E-state index contributed by atoms with van der Waals surface area (Å²) in [6.45, 7) is 0.715. The molecule has 1 fully saturated rings. The number of benzene rings is 1. The van der Waals surface area contributed by atoms with E-state index in [1.165, 1.54) is 4.90 Å². The molecule has 0 heterocycles. The zero-order chi connectivity index (χ0) is 14.7. The number of aliphatic hydroxyl groups is 1. The van der Waals surface area contributed by atoms with Gasteiger partial charge in [0, 0.05) is 32.1 Å². The summed E-state index contributed by atoms with van der Waals surface area (Å²) in [6, 6.07) is 5.29. The van der Waals surface area contributed by atoms with Crippen LogP contribution in [0.4, 0.5) is 11.4 Å². The molecule has 2 rings (SSSR count). The van der Waals surface area contributed by atoms with Crippen molar-refractivity contribution in [1.29, 1.82) is 0 Å². The van der Waals surface area contributed by atoms with Crippen LogP contribution in [0, 0.1) is 5.92 Å². The van der Waals surface area contributed by atoms with Gasteiger partial charge in [0.25, 0.3) is 5.91 Å². The summed E-state index contributed by atoms with van der Waals surface area (Å²) in [5.74, 6) is 0.229. The van der Waals surface area contributed by atoms with Gasteiger partial charge in [-0.15, -0.1) is 0 Å². The predicted octanol–water partition coefficient (Wildman–Crippen LogP) is 1.54. The summed E-state index contributed by atoms with van der Waals surface area (Å²) in [4.78, 5) is 13.4. The first-order valence-electron chi connectivity index (χ1n) is 7.02. The van der Waals surface area contributed by atoms with E-state index in [0.717, 1.165) is 24.9 Å². The molecule has 0 aromatic heterocycles. The average molecular weight is 277 g/mol. The Bertz CT molecular complexity index is 488. The molecule has 2 atom stereocenters. The molecule has 4 N–H and O–H groups in total. The Morgan fingerprint density at radius 3 is 2.75 bits per heavy atom. The Balaban J connectivity index is 2.01. The molecule has 0 spiro atoms. The Morgan fingerprint density at radius 1 is 1.45 bits per heavy atom. The second-order valence-electron chi connectivity index (χ2n) is 5.64. The van der Waals surface area contributed by atoms with Crippen LogP contribution >= 0.6 is 0 Å². The lowest BCUT2D eigenvalue weighted by Crippen LogP contribution is -2.23. The highest BCUT2D eigenvalue weighted by atomic mass is 16.3. The lowest BCUT2D eigenvalue weighted by molar-refractivity contribution is 0.0827. The molecule has 20 heavy (non-hydrogen) atoms. The zero-order valence-electron chi connectivity index (χ0n) is 12.1. The summed E-state index contributed by atoms with van der Waals surface area (Å²) < 4.78 is 0. The predicted molar refractivity (Wildman–Crippen MR) is 80.7 cm³/mol. The van der Waals surface area contributed by atoms with Crippen LogP contribution in [0.25, 0.3) is 0 Å². The van der Waals surface area contributed by atoms with Gasteiger partial charge >= 0.3 is 0 Å². The van der Waals surface area contributed by atoms with Gasteiger partial charge < -0.3 is 21.1 Å². The number of nitrogens with zero attached hydrogens (tertiary/aromatic N) is 1. The maximum atomic E-state index is 11.8. The normalized spacial score (nSPS) is 21.8. The quantitative estimate of drug-likeness (QED) is 0.730. The van der Waals surface area contributed by atoms with Gasteiger partial charge in [-0.1, -0.05) is 6.42 Å². The van der Waals surface area contributed by atoms with Crippen LogP contribution in [0.1, 0.15) is 29.6 Å². The number of hydrogen-bond acceptors (Lipinski definition) is 4. The summed E-state index contributed by atoms with van der Waals surface area (Å²) in [7, 11) is 3.43. The van der Waals surface area contributed by atoms with E-state index in [9.17, 15) is 9.90 Å². The number of hydrogen-bond donors (Lipinski definition) is 3. The van der Waals surface area contributed by atoms with Gasteiger partial charge in [-0.25, -0.2) is 0 Å². The van der Waals surface area contributed by atoms with Crippen molar-refractivity contribution >= 4 is 17.3 Å². The largest absolute Gasteiger partial charge is 0.397 e. The van der Waals surface area contributed by atoms with Crippen molar-refractivity contribution in [3.63, 3.8) is 0 Å². The third kappa shape index (κ3) is 3.22. The molecule has 5 heteroatoms. The molecular formula is C15H23N3O2. The van der Waals surface area contributed by atoms with Gasteiger partial charge in [-0.2, -0.15) is 0 Å². The van der Waals surface area contributed by atoms with Crippen molar-refractivity contribution in [2.24, 2.45) is 5.92 Å². The van der Waals surface area contributed by atoms with E-state index >= 15 is 0 Å². The van der Waals surface area contributed by atoms with Crippen molar-refractivity contribution in [2.75, 3.05) is 31.7 Å². The number of nitrogens with two attached hydrogens (primary N) is 1. The molecule has 2 unspecified atom stereocenters. The van der Waals surface area contributed by atoms with Crippen molar-refractivity contribution in [3.05, 3.63) is 23.8 Å². The van der Waals surface area contributed by atoms with E-state index in [4.69, 9.17) is 5.73 Å². The van der Waals surface area contributed by atoms with Gasteiger partial charge in [0.05, 0.1) is 17.5 Å². The molecule has 0 bridgehead atoms. The molecule has 1 aliphatic carbocycles. The maximum absolute atomic E-state index is 11.8. The van der Waals surface area contributed by atoms with Crippen LogP contribution in [-0.2, 0) is 0 Å². The minimum absolute atomic E-state index is 0.0607. The monoisotopic (exact) mass is 277 g/mol. The fraction of sp³-hybridized carbons (Fsp3) is 0.533. The first-order valence-corrected chi connectivity index (χ1v) is 7.02. The Labute approximate surface area is 119 Å². The lowest BCUT2D eigenvalue weighted by atomic mass is 10.1. The van der Waals surface area contributed by atoms with E-state index in [0.29, 0.717) is 17.8 Å². The van der Waals surface area contributed by atoms with Gasteiger partial charge in [0.1, 0.15) is 0 Å². The smallest absolute Gasteiger partial charge is 0.253 e. The van der Waals surface area contributed by atoms with Crippen LogP contribution in [0.3, 0.4) is 0 Å². The third-order valence-electron chi connectivity index (χ3n) is 3.88. The minimum Gasteiger partial charge on any atom is -0.397 e. The van der Waals surface area contributed by atoms with E-state index in [-0.39, 0.29) is 17.9 Å². The SMILES string of the molecule is CN(C)C(=O)c1ccc(NCC2CCCC2O)c(N)c1. The van der Waals surface area contributed by atoms with Gasteiger partial charge in [0.2, 0.25) is 0 Å². The summed E-state index contributed by atoms with van der Waals surface area (Å²) in [5, 5.41) is 13.1. The number of carbonyl (C=O) groups excluding carboxylic acids is 1. The number of aliphatic hydroxyl groups excluding tert-OH is 1. The van der Waals surface area contributed by atoms with Crippen LogP contribution in [0.15, 0.2) is 18.2 Å². The minimum atomic E-state index is -0.210. The number of nitrogen functional groups attached to an aromatic ring is 1. The highest BCUT2D eigenvalue weighted by Gasteiger charge is 2.24. The van der Waals surface area contributed by atoms with Crippen LogP contribution in [0.2, 0.25) is 0 Å². The van der Waals surface area contributed by atoms with Crippen LogP contribution in [0.5, 0.6) is 0 Å². The molecule has 110 valence electrons. The fourth-order valence-electron chi connectivity index (χ4n) is 2.61. The molecule has 1 aliphatic rings. The Kier molecular flexibility index (Phi) is 4.49. The molecule has 1 aromatic rings. The summed E-state index contributed by atoms with van der Waals surface area (Å²) in [6.07, 6.45) is 2.81. The van der Waals surface area contributed by atoms with E-state index in [1.807, 2.05) is 6.07 Å². The number of rotatable bonds is 4. The molecule has 1 amide bonds. The van der Waals surface area contributed by atoms with Crippen molar-refractivity contribution in [1.82, 2.24) is 4.90 Å². The fourth-order valence-corrected chi connectivity index (χ4v) is 2.61. The maximum Gasteiger partial charge on any atom is 0.253 e. The zero-order valence-corrected chi connectivity index (χ0v) is 12.1. The van der Waals surface area contributed by atoms with Gasteiger partial charge in [-0.3, -0.25) is 4.79 Å². The van der Waals surface area contributed by atoms with Gasteiger partial charge in [-0.05, 0) is 31.0 Å². The molecule has 0 aliphatic heterocycles. The third-order valence-corrected chi connectivity index (χ3v) is 3.88. The van der Waals surface area contributed by atoms with E-state index < -0.39 is 0 Å². The lowest BCUT2D eigenvalue weighted by Gasteiger charge is -2.18. The summed E-state index contributed by atoms with van der Waals surface area (Å²) >= 11 is 0. The standard InChI is InChI=1S/C15H23N3O2/c1-18(2)15(20)10-6-7-13(12(16)8-10)17-9-11-4-3-5-14(11)19/h6-8,11,14,17,19H,3-5,9,16H2,1-2H3. The first-order chi connectivity index (χ1) is 9.49. The molecule has 0 radical (unpaired) electrons. The first kappa shape index (κ1) is 14.7. The molecule has 0 saturated heterocycles. The molecule has 5 nitrogen and oxygen atoms in total. The second-order valence-corrected chi connectivity index (χ2v) is 5.64. The van der Waals surface area contributed by atoms with Crippen molar-refractivity contribution < 1.29 is 9.90 Å². The van der Waals surface area contributed by atoms with E-state index in [2.05, 4.69) is 5.32 Å². The topological polar surface area (TPSA) is 78.6 Å². The van der Waals surface area contributed by atoms with Crippen LogP contribution < -0.4 is 11.1 Å². The van der Waals surface area contributed by atoms with Crippen LogP contribution in [-0.4, -0.2) is 42.7 Å². The number of amides is 1. The van der Waals surface area contributed by atoms with Crippen molar-refractivity contribution in [2.45, 2.75) is 25.4 Å². The van der Waals surface area contributed by atoms with Crippen molar-refractivity contribution in [3.8, 4) is 0 Å². The highest BCUT2D eigenvalue weighted by Crippen LogP contribution is 2.27. The molecular weight excluding hydrogens is 254 g/mol.